The highest BCUT2D eigenvalue weighted by atomic mass is 16.6. The minimum atomic E-state index is -0.622. The zero-order valence-electron chi connectivity index (χ0n) is 5.76. The summed E-state index contributed by atoms with van der Waals surface area (Å²) >= 11 is 0. The van der Waals surface area contributed by atoms with Crippen molar-refractivity contribution in [2.45, 2.75) is 0 Å². The average molecular weight is 165 g/mol. The number of rotatable bonds is 1. The van der Waals surface area contributed by atoms with Crippen LogP contribution in [0.2, 0.25) is 0 Å². The second-order valence-electron chi connectivity index (χ2n) is 2.05. The van der Waals surface area contributed by atoms with Gasteiger partial charge in [0.15, 0.2) is 0 Å². The normalized spacial score (nSPS) is 10.3. The third-order valence-electron chi connectivity index (χ3n) is 1.29. The van der Waals surface area contributed by atoms with Crippen LogP contribution in [0.4, 0.5) is 5.95 Å². The van der Waals surface area contributed by atoms with E-state index in [0.717, 1.165) is 0 Å². The molecule has 0 aromatic carbocycles. The van der Waals surface area contributed by atoms with E-state index in [1.807, 2.05) is 0 Å². The second-order valence-corrected chi connectivity index (χ2v) is 2.05. The highest BCUT2D eigenvalue weighted by Crippen LogP contribution is 2.09. The van der Waals surface area contributed by atoms with Gasteiger partial charge in [-0.3, -0.25) is 0 Å². The first-order valence-electron chi connectivity index (χ1n) is 3.08. The van der Waals surface area contributed by atoms with Crippen molar-refractivity contribution in [3.05, 3.63) is 22.5 Å². The fourth-order valence-electron chi connectivity index (χ4n) is 0.821. The van der Waals surface area contributed by atoms with Crippen LogP contribution in [-0.2, 0) is 0 Å². The van der Waals surface area contributed by atoms with Crippen LogP contribution in [-0.4, -0.2) is 24.9 Å². The van der Waals surface area contributed by atoms with Crippen molar-refractivity contribution in [1.29, 1.82) is 0 Å². The quantitative estimate of drug-likeness (QED) is 0.482. The molecule has 0 aliphatic heterocycles. The number of hydrogen-bond donors (Lipinski definition) is 1. The molecule has 0 saturated carbocycles. The summed E-state index contributed by atoms with van der Waals surface area (Å²) in [5.41, 5.74) is 0.577. The molecular weight excluding hydrogens is 162 g/mol. The van der Waals surface area contributed by atoms with Crippen LogP contribution in [0.3, 0.4) is 0 Å². The number of imidazole rings is 1. The fourth-order valence-corrected chi connectivity index (χ4v) is 0.821. The molecule has 0 atom stereocenters. The van der Waals surface area contributed by atoms with Gasteiger partial charge >= 0.3 is 5.95 Å². The Morgan fingerprint density at radius 2 is 2.17 bits per heavy atom. The summed E-state index contributed by atoms with van der Waals surface area (Å²) in [6.45, 7) is 0. The van der Waals surface area contributed by atoms with Gasteiger partial charge in [-0.2, -0.15) is 0 Å². The lowest BCUT2D eigenvalue weighted by Crippen LogP contribution is -1.88. The largest absolute Gasteiger partial charge is 0.436 e. The van der Waals surface area contributed by atoms with Crippen molar-refractivity contribution >= 4 is 17.2 Å². The number of nitrogens with one attached hydrogen (secondary N) is 1. The van der Waals surface area contributed by atoms with Crippen molar-refractivity contribution in [3.8, 4) is 0 Å². The Morgan fingerprint density at radius 1 is 1.42 bits per heavy atom. The van der Waals surface area contributed by atoms with E-state index >= 15 is 0 Å². The molecule has 0 amide bonds. The van der Waals surface area contributed by atoms with E-state index in [-0.39, 0.29) is 11.6 Å². The molecule has 0 aliphatic rings. The molecular formula is C5H3N5O2. The van der Waals surface area contributed by atoms with Crippen LogP contribution >= 0.6 is 0 Å². The molecule has 2 aromatic rings. The SMILES string of the molecule is O=[N+]([O-])c1nc2nccnc2[nH]1. The van der Waals surface area contributed by atoms with E-state index < -0.39 is 4.92 Å². The van der Waals surface area contributed by atoms with Crippen molar-refractivity contribution in [2.24, 2.45) is 0 Å². The Kier molecular flexibility index (Phi) is 1.23. The number of nitrogens with zero attached hydrogens (tertiary/aromatic N) is 4. The lowest BCUT2D eigenvalue weighted by molar-refractivity contribution is -0.393. The summed E-state index contributed by atoms with van der Waals surface area (Å²) < 4.78 is 0. The molecule has 0 bridgehead atoms. The first kappa shape index (κ1) is 6.65. The Bertz CT molecular complexity index is 403. The van der Waals surface area contributed by atoms with Gasteiger partial charge in [-0.1, -0.05) is 0 Å². The summed E-state index contributed by atoms with van der Waals surface area (Å²) in [7, 11) is 0. The van der Waals surface area contributed by atoms with E-state index in [0.29, 0.717) is 5.65 Å². The topological polar surface area (TPSA) is 97.6 Å². The Labute approximate surface area is 65.6 Å². The van der Waals surface area contributed by atoms with E-state index in [2.05, 4.69) is 19.9 Å². The molecule has 1 N–H and O–H groups in total. The van der Waals surface area contributed by atoms with Crippen LogP contribution < -0.4 is 0 Å². The lowest BCUT2D eigenvalue weighted by Gasteiger charge is -1.83. The second kappa shape index (κ2) is 2.22. The molecule has 0 saturated heterocycles. The molecule has 7 heteroatoms. The van der Waals surface area contributed by atoms with Crippen molar-refractivity contribution < 1.29 is 4.92 Å². The smallest absolute Gasteiger partial charge is 0.390 e. The number of aromatic nitrogens is 4. The zero-order chi connectivity index (χ0) is 8.55. The third kappa shape index (κ3) is 0.875. The first-order chi connectivity index (χ1) is 5.77. The number of hydrogen-bond acceptors (Lipinski definition) is 5. The predicted octanol–water partition coefficient (Wildman–Crippen LogP) is 0.261. The van der Waals surface area contributed by atoms with Crippen LogP contribution in [0, 0.1) is 10.1 Å². The summed E-state index contributed by atoms with van der Waals surface area (Å²) in [6.07, 6.45) is 2.86. The van der Waals surface area contributed by atoms with Crippen molar-refractivity contribution in [1.82, 2.24) is 19.9 Å². The van der Waals surface area contributed by atoms with Crippen LogP contribution in [0.15, 0.2) is 12.4 Å². The molecule has 0 radical (unpaired) electrons. The maximum Gasteiger partial charge on any atom is 0.436 e. The third-order valence-corrected chi connectivity index (χ3v) is 1.29. The zero-order valence-corrected chi connectivity index (χ0v) is 5.76. The molecule has 0 aliphatic carbocycles. The number of fused-ring (bicyclic) bond motifs is 1. The molecule has 12 heavy (non-hydrogen) atoms. The van der Waals surface area contributed by atoms with Gasteiger partial charge < -0.3 is 10.1 Å². The fraction of sp³-hybridized carbons (Fsp3) is 0. The summed E-state index contributed by atoms with van der Waals surface area (Å²) in [5.74, 6) is -0.337. The van der Waals surface area contributed by atoms with Gasteiger partial charge in [-0.25, -0.2) is 15.0 Å². The molecule has 7 nitrogen and oxygen atoms in total. The van der Waals surface area contributed by atoms with Gasteiger partial charge in [-0.15, -0.1) is 0 Å². The monoisotopic (exact) mass is 165 g/mol. The minimum absolute atomic E-state index is 0.254. The van der Waals surface area contributed by atoms with E-state index in [1.165, 1.54) is 12.4 Å². The Balaban J connectivity index is 2.70. The van der Waals surface area contributed by atoms with Crippen molar-refractivity contribution in [3.63, 3.8) is 0 Å². The molecule has 2 aromatic heterocycles. The lowest BCUT2D eigenvalue weighted by atomic mass is 10.7. The number of H-pyrrole nitrogens is 1. The number of nitro groups is 1. The van der Waals surface area contributed by atoms with Crippen LogP contribution in [0.25, 0.3) is 11.3 Å². The van der Waals surface area contributed by atoms with E-state index in [4.69, 9.17) is 0 Å². The Morgan fingerprint density at radius 3 is 2.83 bits per heavy atom. The van der Waals surface area contributed by atoms with Gasteiger partial charge in [0.25, 0.3) is 11.3 Å². The van der Waals surface area contributed by atoms with E-state index in [9.17, 15) is 10.1 Å². The van der Waals surface area contributed by atoms with Gasteiger partial charge in [0.2, 0.25) is 0 Å². The summed E-state index contributed by atoms with van der Waals surface area (Å²) in [5, 5.41) is 10.2. The molecule has 0 fully saturated rings. The van der Waals surface area contributed by atoms with E-state index in [1.54, 1.807) is 0 Å². The molecule has 2 rings (SSSR count). The van der Waals surface area contributed by atoms with Crippen LogP contribution in [0.1, 0.15) is 0 Å². The number of aromatic amines is 1. The maximum atomic E-state index is 10.2. The Hall–Kier alpha value is -2.05. The molecule has 60 valence electrons. The van der Waals surface area contributed by atoms with Gasteiger partial charge in [-0.05, 0) is 9.91 Å². The highest BCUT2D eigenvalue weighted by molar-refractivity contribution is 5.66. The van der Waals surface area contributed by atoms with Crippen molar-refractivity contribution in [2.75, 3.05) is 0 Å². The maximum absolute atomic E-state index is 10.2. The summed E-state index contributed by atoms with van der Waals surface area (Å²) in [4.78, 5) is 23.2. The average Bonchev–Trinajstić information content (AvgIpc) is 2.46. The molecule has 0 unspecified atom stereocenters. The van der Waals surface area contributed by atoms with Gasteiger partial charge in [0, 0.05) is 12.4 Å². The molecule has 2 heterocycles. The van der Waals surface area contributed by atoms with Gasteiger partial charge in [0.1, 0.15) is 0 Å². The standard InChI is InChI=1S/C5H3N5O2/c11-10(12)5-8-3-4(9-5)7-2-1-6-3/h1-2H,(H,6,7,8,9). The first-order valence-corrected chi connectivity index (χ1v) is 3.08. The summed E-state index contributed by atoms with van der Waals surface area (Å²) in [6, 6.07) is 0. The predicted molar refractivity (Wildman–Crippen MR) is 38.3 cm³/mol. The molecule has 0 spiro atoms. The van der Waals surface area contributed by atoms with Crippen LogP contribution in [0.5, 0.6) is 0 Å². The highest BCUT2D eigenvalue weighted by Gasteiger charge is 2.13. The van der Waals surface area contributed by atoms with Gasteiger partial charge in [0.05, 0.1) is 0 Å². The minimum Gasteiger partial charge on any atom is -0.390 e.